The number of benzene rings is 7. The molecule has 1 fully saturated rings. The number of hydrogen-bond acceptors (Lipinski definition) is 8. The van der Waals surface area contributed by atoms with Gasteiger partial charge in [-0.05, 0) is 201 Å². The van der Waals surface area contributed by atoms with Crippen molar-refractivity contribution in [2.45, 2.75) is 58.8 Å². The highest BCUT2D eigenvalue weighted by molar-refractivity contribution is 14.1. The molecule has 1 unspecified atom stereocenters. The zero-order valence-electron chi connectivity index (χ0n) is 51.4. The molecule has 9 nitrogen and oxygen atoms in total. The highest BCUT2D eigenvalue weighted by Crippen LogP contribution is 2.37. The molecule has 7 aromatic carbocycles. The lowest BCUT2D eigenvalue weighted by atomic mass is 9.79. The topological polar surface area (TPSA) is 99.6 Å². The lowest BCUT2D eigenvalue weighted by molar-refractivity contribution is 0.00578. The molecule has 0 aliphatic carbocycles. The summed E-state index contributed by atoms with van der Waals surface area (Å²) < 4.78 is 24.3. The fraction of sp³-hybridized carbons (Fsp3) is 0.118. The van der Waals surface area contributed by atoms with Crippen LogP contribution in [0, 0.1) is 17.4 Å². The molecule has 0 spiro atoms. The maximum atomic E-state index is 12.5. The molecular weight excluding hydrogens is 1580 g/mol. The lowest BCUT2D eigenvalue weighted by Crippen LogP contribution is -2.41. The lowest BCUT2D eigenvalue weighted by Gasteiger charge is -2.32. The van der Waals surface area contributed by atoms with Gasteiger partial charge < -0.3 is 14.0 Å². The Bertz CT molecular complexity index is 4170. The molecule has 6 heterocycles. The van der Waals surface area contributed by atoms with Crippen molar-refractivity contribution < 1.29 is 18.8 Å². The van der Waals surface area contributed by atoms with E-state index in [0.717, 1.165) is 67.2 Å². The maximum absolute atomic E-state index is 12.5. The van der Waals surface area contributed by atoms with E-state index in [4.69, 9.17) is 14.0 Å². The molecule has 1 atom stereocenters. The number of para-hydroxylation sites is 1. The fourth-order valence-corrected chi connectivity index (χ4v) is 11.2. The first kappa shape index (κ1) is 70.9. The van der Waals surface area contributed by atoms with E-state index in [9.17, 15) is 4.79 Å². The number of halogens is 6. The molecule has 0 N–H and O–H groups in total. The summed E-state index contributed by atoms with van der Waals surface area (Å²) in [6, 6.07) is 77.7. The van der Waals surface area contributed by atoms with E-state index < -0.39 is 6.09 Å². The van der Waals surface area contributed by atoms with Crippen molar-refractivity contribution in [3.63, 3.8) is 0 Å². The van der Waals surface area contributed by atoms with Crippen LogP contribution >= 0.6 is 102 Å². The molecule has 2 aliphatic heterocycles. The second-order valence-electron chi connectivity index (χ2n) is 21.8. The van der Waals surface area contributed by atoms with Gasteiger partial charge in [-0.3, -0.25) is 24.8 Å². The molecule has 0 saturated carbocycles. The SMILES string of the molecule is Brc1ccnc(-c2ccccc2)c1.Brc1ccncc1.CC1(C)OB(c2ccnc(-c3ccccc3)c2)OC1(C)C.Cc1cc(Br)ccc1-c1ccnc(-c2ccccc2)c1.Cc1cc(Br)ccc1I.O=C(Oc1ccccc1)N1C=CC(Br)=CC1c1ccccc1. The first-order valence-corrected chi connectivity index (χ1v) is 34.3. The van der Waals surface area contributed by atoms with Gasteiger partial charge in [0, 0.05) is 79.8 Å². The predicted molar refractivity (Wildman–Crippen MR) is 403 cm³/mol. The van der Waals surface area contributed by atoms with Crippen LogP contribution in [0.1, 0.15) is 50.4 Å². The van der Waals surface area contributed by atoms with E-state index in [1.54, 1.807) is 41.8 Å². The molecule has 2 aliphatic rings. The van der Waals surface area contributed by atoms with Gasteiger partial charge in [0.15, 0.2) is 0 Å². The summed E-state index contributed by atoms with van der Waals surface area (Å²) in [5, 5.41) is 0. The van der Waals surface area contributed by atoms with Crippen LogP contribution in [0.4, 0.5) is 4.79 Å². The van der Waals surface area contributed by atoms with Gasteiger partial charge in [0.05, 0.1) is 34.3 Å². The maximum Gasteiger partial charge on any atom is 0.494 e. The highest BCUT2D eigenvalue weighted by atomic mass is 127. The highest BCUT2D eigenvalue weighted by Gasteiger charge is 2.51. The van der Waals surface area contributed by atoms with Gasteiger partial charge in [0.1, 0.15) is 5.75 Å². The number of hydrogen-bond donors (Lipinski definition) is 0. The zero-order valence-corrected chi connectivity index (χ0v) is 61.5. The summed E-state index contributed by atoms with van der Waals surface area (Å²) >= 11 is 19.4. The van der Waals surface area contributed by atoms with Gasteiger partial charge in [0.25, 0.3) is 0 Å². The Morgan fingerprint density at radius 1 is 0.489 bits per heavy atom. The number of carbonyl (C=O) groups is 1. The van der Waals surface area contributed by atoms with E-state index in [1.807, 2.05) is 164 Å². The van der Waals surface area contributed by atoms with Crippen molar-refractivity contribution in [1.29, 1.82) is 0 Å². The minimum Gasteiger partial charge on any atom is -0.410 e. The molecule has 1 saturated heterocycles. The molecule has 11 aromatic rings. The minimum atomic E-state index is -0.410. The van der Waals surface area contributed by atoms with Crippen molar-refractivity contribution in [3.05, 3.63) is 329 Å². The van der Waals surface area contributed by atoms with Crippen LogP contribution < -0.4 is 10.2 Å². The van der Waals surface area contributed by atoms with Gasteiger partial charge in [-0.2, -0.15) is 0 Å². The standard InChI is InChI=1S/C18H14BrNO2.C18H14BrN.C17H20BNO2.C11H8BrN.C7H6BrI.C5H4BrN/c19-15-11-12-20(17(13-15)14-7-3-1-4-8-14)18(21)22-16-9-5-2-6-10-16;1-13-11-16(19)7-8-17(13)15-9-10-20-18(12-15)14-5-3-2-4-6-14;1-16(2)17(3,4)21-18(20-16)14-10-11-19-15(12-14)13-8-6-5-7-9-13;12-10-6-7-13-11(8-10)9-4-2-1-3-5-9;1-5-4-6(8)2-3-7(5)9;6-5-1-3-7-4-2-5/h1-13,17H;2-12H,1H3;5-12H,1-4H3;1-8H;2-4H,1H3;1-4H. The van der Waals surface area contributed by atoms with Gasteiger partial charge in [-0.15, -0.1) is 0 Å². The number of rotatable bonds is 7. The predicted octanol–water partition coefficient (Wildman–Crippen LogP) is 22.3. The van der Waals surface area contributed by atoms with Crippen LogP contribution in [0.2, 0.25) is 0 Å². The zero-order chi connectivity index (χ0) is 65.5. The Labute approximate surface area is 596 Å². The molecule has 92 heavy (non-hydrogen) atoms. The molecule has 0 bridgehead atoms. The smallest absolute Gasteiger partial charge is 0.410 e. The van der Waals surface area contributed by atoms with Crippen molar-refractivity contribution in [1.82, 2.24) is 24.8 Å². The minimum absolute atomic E-state index is 0.197. The molecule has 464 valence electrons. The van der Waals surface area contributed by atoms with Crippen LogP contribution in [0.3, 0.4) is 0 Å². The van der Waals surface area contributed by atoms with Crippen molar-refractivity contribution >= 4 is 121 Å². The van der Waals surface area contributed by atoms with Crippen LogP contribution in [-0.4, -0.2) is 49.2 Å². The number of ether oxygens (including phenoxy) is 1. The summed E-state index contributed by atoms with van der Waals surface area (Å²) in [5.74, 6) is 0.529. The van der Waals surface area contributed by atoms with E-state index in [-0.39, 0.29) is 24.4 Å². The third-order valence-electron chi connectivity index (χ3n) is 14.6. The first-order chi connectivity index (χ1) is 44.3. The van der Waals surface area contributed by atoms with E-state index in [1.165, 1.54) is 25.8 Å². The Morgan fingerprint density at radius 2 is 0.946 bits per heavy atom. The van der Waals surface area contributed by atoms with Crippen LogP contribution in [0.25, 0.3) is 44.9 Å². The molecule has 4 aromatic heterocycles. The molecule has 0 radical (unpaired) electrons. The number of carbonyl (C=O) groups excluding carboxylic acids is 1. The monoisotopic (exact) mass is 1650 g/mol. The van der Waals surface area contributed by atoms with Gasteiger partial charge in [0.2, 0.25) is 0 Å². The first-order valence-electron chi connectivity index (χ1n) is 29.3. The van der Waals surface area contributed by atoms with Crippen LogP contribution in [-0.2, 0) is 9.31 Å². The van der Waals surface area contributed by atoms with Crippen molar-refractivity contribution in [2.75, 3.05) is 0 Å². The van der Waals surface area contributed by atoms with Gasteiger partial charge in [-0.1, -0.05) is 225 Å². The van der Waals surface area contributed by atoms with Crippen LogP contribution in [0.5, 0.6) is 5.75 Å². The van der Waals surface area contributed by atoms with Crippen molar-refractivity contribution in [3.8, 4) is 50.6 Å². The summed E-state index contributed by atoms with van der Waals surface area (Å²) in [4.78, 5) is 31.1. The third-order valence-corrected chi connectivity index (χ3v) is 18.3. The number of aryl methyl sites for hydroxylation is 2. The normalized spacial score (nSPS) is 13.9. The number of aromatic nitrogens is 4. The largest absolute Gasteiger partial charge is 0.494 e. The van der Waals surface area contributed by atoms with Crippen molar-refractivity contribution in [2.24, 2.45) is 0 Å². The molecule has 16 heteroatoms. The Balaban J connectivity index is 0.000000147. The number of pyridine rings is 4. The van der Waals surface area contributed by atoms with E-state index in [2.05, 4.69) is 249 Å². The summed E-state index contributed by atoms with van der Waals surface area (Å²) in [7, 11) is -0.347. The average molecular weight is 1650 g/mol. The summed E-state index contributed by atoms with van der Waals surface area (Å²) in [6.45, 7) is 12.5. The molecular formula is C76H66BBr5IN5O4. The Hall–Kier alpha value is -7.00. The Kier molecular flexibility index (Phi) is 27.2. The summed E-state index contributed by atoms with van der Waals surface area (Å²) in [5.41, 5.74) is 12.7. The Morgan fingerprint density at radius 3 is 1.45 bits per heavy atom. The number of amides is 1. The quantitative estimate of drug-likeness (QED) is 0.115. The second kappa shape index (κ2) is 35.3. The second-order valence-corrected chi connectivity index (χ2v) is 27.5. The van der Waals surface area contributed by atoms with E-state index in [0.29, 0.717) is 5.75 Å². The number of allylic oxidation sites excluding steroid dienone is 2. The van der Waals surface area contributed by atoms with Gasteiger partial charge in [-0.25, -0.2) is 4.79 Å². The summed E-state index contributed by atoms with van der Waals surface area (Å²) in [6.07, 6.45) is 14.1. The fourth-order valence-electron chi connectivity index (χ4n) is 9.02. The van der Waals surface area contributed by atoms with E-state index >= 15 is 0 Å². The molecule has 13 rings (SSSR count). The van der Waals surface area contributed by atoms with Gasteiger partial charge >= 0.3 is 13.2 Å². The van der Waals surface area contributed by atoms with Crippen LogP contribution in [0.15, 0.2) is 308 Å². The third kappa shape index (κ3) is 21.5. The average Bonchev–Trinajstić information content (AvgIpc) is 1.63. The molecule has 1 amide bonds. The number of nitrogens with zero attached hydrogens (tertiary/aromatic N) is 5.